The topological polar surface area (TPSA) is 74.0 Å². The first-order valence-electron chi connectivity index (χ1n) is 7.05. The Kier molecular flexibility index (Phi) is 6.05. The number of hydrogen-bond donors (Lipinski definition) is 1. The van der Waals surface area contributed by atoms with Gasteiger partial charge in [-0.1, -0.05) is 13.8 Å². The summed E-state index contributed by atoms with van der Waals surface area (Å²) in [6.07, 6.45) is 0. The Labute approximate surface area is 132 Å². The van der Waals surface area contributed by atoms with Crippen molar-refractivity contribution in [2.24, 2.45) is 11.1 Å². The molecule has 1 rings (SSSR count). The second-order valence-corrected chi connectivity index (χ2v) is 5.94. The average Bonchev–Trinajstić information content (AvgIpc) is 2.51. The lowest BCUT2D eigenvalue weighted by molar-refractivity contribution is 0.0739. The van der Waals surface area contributed by atoms with Crippen LogP contribution in [-0.4, -0.2) is 52.3 Å². The highest BCUT2D eigenvalue weighted by Gasteiger charge is 2.24. The van der Waals surface area contributed by atoms with E-state index in [1.165, 1.54) is 21.3 Å². The number of nitrogens with zero attached hydrogens (tertiary/aromatic N) is 1. The molecule has 0 unspecified atom stereocenters. The second kappa shape index (κ2) is 7.35. The molecule has 0 saturated carbocycles. The van der Waals surface area contributed by atoms with Crippen LogP contribution in [0.5, 0.6) is 17.2 Å². The summed E-state index contributed by atoms with van der Waals surface area (Å²) < 4.78 is 15.8. The second-order valence-electron chi connectivity index (χ2n) is 5.94. The van der Waals surface area contributed by atoms with Gasteiger partial charge in [0.15, 0.2) is 11.5 Å². The molecule has 22 heavy (non-hydrogen) atoms. The van der Waals surface area contributed by atoms with Crippen molar-refractivity contribution in [1.82, 2.24) is 4.90 Å². The Morgan fingerprint density at radius 2 is 1.64 bits per heavy atom. The Hall–Kier alpha value is -1.95. The van der Waals surface area contributed by atoms with Crippen LogP contribution in [0.15, 0.2) is 12.1 Å². The van der Waals surface area contributed by atoms with Gasteiger partial charge in [0, 0.05) is 19.2 Å². The predicted molar refractivity (Wildman–Crippen MR) is 85.9 cm³/mol. The van der Waals surface area contributed by atoms with Gasteiger partial charge < -0.3 is 24.8 Å². The van der Waals surface area contributed by atoms with E-state index in [-0.39, 0.29) is 11.3 Å². The van der Waals surface area contributed by atoms with Gasteiger partial charge in [-0.05, 0) is 24.1 Å². The zero-order valence-corrected chi connectivity index (χ0v) is 14.2. The first-order valence-corrected chi connectivity index (χ1v) is 7.05. The molecule has 1 amide bonds. The van der Waals surface area contributed by atoms with Crippen LogP contribution in [0.3, 0.4) is 0 Å². The molecule has 0 aliphatic carbocycles. The third kappa shape index (κ3) is 4.04. The Morgan fingerprint density at radius 1 is 1.14 bits per heavy atom. The van der Waals surface area contributed by atoms with E-state index in [4.69, 9.17) is 19.9 Å². The predicted octanol–water partition coefficient (Wildman–Crippen LogP) is 1.77. The van der Waals surface area contributed by atoms with Crippen molar-refractivity contribution in [3.8, 4) is 17.2 Å². The van der Waals surface area contributed by atoms with Gasteiger partial charge in [-0.25, -0.2) is 0 Å². The SMILES string of the molecule is COc1cc(C(=O)N(C)CC(C)(C)CN)cc(OC)c1OC. The number of amides is 1. The first-order chi connectivity index (χ1) is 10.3. The van der Waals surface area contributed by atoms with E-state index in [0.717, 1.165) is 0 Å². The highest BCUT2D eigenvalue weighted by atomic mass is 16.5. The van der Waals surface area contributed by atoms with Crippen molar-refractivity contribution < 1.29 is 19.0 Å². The lowest BCUT2D eigenvalue weighted by Gasteiger charge is -2.29. The summed E-state index contributed by atoms with van der Waals surface area (Å²) in [7, 11) is 6.32. The van der Waals surface area contributed by atoms with Crippen molar-refractivity contribution in [3.63, 3.8) is 0 Å². The highest BCUT2D eigenvalue weighted by molar-refractivity contribution is 5.95. The molecule has 1 aromatic carbocycles. The molecule has 0 aromatic heterocycles. The summed E-state index contributed by atoms with van der Waals surface area (Å²) >= 11 is 0. The van der Waals surface area contributed by atoms with Crippen molar-refractivity contribution in [2.75, 3.05) is 41.5 Å². The smallest absolute Gasteiger partial charge is 0.253 e. The largest absolute Gasteiger partial charge is 0.493 e. The molecule has 0 spiro atoms. The standard InChI is InChI=1S/C16H26N2O4/c1-16(2,9-17)10-18(3)15(19)11-7-12(20-4)14(22-6)13(8-11)21-5/h7-8H,9-10,17H2,1-6H3. The molecule has 6 nitrogen and oxygen atoms in total. The maximum Gasteiger partial charge on any atom is 0.253 e. The number of ether oxygens (including phenoxy) is 3. The van der Waals surface area contributed by atoms with Gasteiger partial charge in [-0.2, -0.15) is 0 Å². The number of benzene rings is 1. The molecule has 0 radical (unpaired) electrons. The van der Waals surface area contributed by atoms with E-state index in [1.807, 2.05) is 13.8 Å². The maximum absolute atomic E-state index is 12.6. The Balaban J connectivity index is 3.13. The van der Waals surface area contributed by atoms with E-state index in [1.54, 1.807) is 24.1 Å². The van der Waals surface area contributed by atoms with Crippen LogP contribution in [0.25, 0.3) is 0 Å². The minimum atomic E-state index is -0.148. The van der Waals surface area contributed by atoms with Crippen LogP contribution in [0.1, 0.15) is 24.2 Å². The van der Waals surface area contributed by atoms with Crippen LogP contribution < -0.4 is 19.9 Å². The van der Waals surface area contributed by atoms with E-state index in [2.05, 4.69) is 0 Å². The normalized spacial score (nSPS) is 11.0. The number of methoxy groups -OCH3 is 3. The molecular formula is C16H26N2O4. The van der Waals surface area contributed by atoms with Crippen LogP contribution in [0.4, 0.5) is 0 Å². The van der Waals surface area contributed by atoms with Crippen molar-refractivity contribution in [3.05, 3.63) is 17.7 Å². The molecule has 0 bridgehead atoms. The monoisotopic (exact) mass is 310 g/mol. The maximum atomic E-state index is 12.6. The summed E-state index contributed by atoms with van der Waals surface area (Å²) in [6.45, 7) is 5.09. The van der Waals surface area contributed by atoms with E-state index < -0.39 is 0 Å². The van der Waals surface area contributed by atoms with Gasteiger partial charge in [0.1, 0.15) is 0 Å². The van der Waals surface area contributed by atoms with Crippen molar-refractivity contribution >= 4 is 5.91 Å². The summed E-state index contributed by atoms with van der Waals surface area (Å²) in [5, 5.41) is 0. The Morgan fingerprint density at radius 3 is 2.00 bits per heavy atom. The highest BCUT2D eigenvalue weighted by Crippen LogP contribution is 2.38. The molecule has 0 atom stereocenters. The summed E-state index contributed by atoms with van der Waals surface area (Å²) in [5.41, 5.74) is 6.06. The minimum absolute atomic E-state index is 0.124. The molecule has 0 fully saturated rings. The average molecular weight is 310 g/mol. The number of carbonyl (C=O) groups excluding carboxylic acids is 1. The third-order valence-corrected chi connectivity index (χ3v) is 3.48. The molecule has 0 aliphatic heterocycles. The molecule has 6 heteroatoms. The zero-order valence-electron chi connectivity index (χ0n) is 14.2. The minimum Gasteiger partial charge on any atom is -0.493 e. The van der Waals surface area contributed by atoms with Gasteiger partial charge in [0.2, 0.25) is 5.75 Å². The lowest BCUT2D eigenvalue weighted by Crippen LogP contribution is -2.39. The van der Waals surface area contributed by atoms with Gasteiger partial charge >= 0.3 is 0 Å². The van der Waals surface area contributed by atoms with E-state index in [0.29, 0.717) is 35.9 Å². The summed E-state index contributed by atoms with van der Waals surface area (Å²) in [6, 6.07) is 3.30. The quantitative estimate of drug-likeness (QED) is 0.831. The first kappa shape index (κ1) is 18.1. The van der Waals surface area contributed by atoms with Crippen LogP contribution in [0, 0.1) is 5.41 Å². The Bertz CT molecular complexity index is 504. The van der Waals surface area contributed by atoms with Gasteiger partial charge in [0.05, 0.1) is 21.3 Å². The fourth-order valence-electron chi connectivity index (χ4n) is 2.20. The molecule has 1 aromatic rings. The fraction of sp³-hybridized carbons (Fsp3) is 0.562. The van der Waals surface area contributed by atoms with Gasteiger partial charge in [-0.3, -0.25) is 4.79 Å². The summed E-state index contributed by atoms with van der Waals surface area (Å²) in [4.78, 5) is 14.3. The number of rotatable bonds is 7. The number of hydrogen-bond acceptors (Lipinski definition) is 5. The molecule has 0 heterocycles. The molecule has 0 aliphatic rings. The number of nitrogens with two attached hydrogens (primary N) is 1. The van der Waals surface area contributed by atoms with E-state index in [9.17, 15) is 4.79 Å². The lowest BCUT2D eigenvalue weighted by atomic mass is 9.93. The van der Waals surface area contributed by atoms with Crippen LogP contribution in [-0.2, 0) is 0 Å². The van der Waals surface area contributed by atoms with Crippen LogP contribution >= 0.6 is 0 Å². The number of carbonyl (C=O) groups is 1. The van der Waals surface area contributed by atoms with Crippen molar-refractivity contribution in [1.29, 1.82) is 0 Å². The molecular weight excluding hydrogens is 284 g/mol. The third-order valence-electron chi connectivity index (χ3n) is 3.48. The van der Waals surface area contributed by atoms with Crippen LogP contribution in [0.2, 0.25) is 0 Å². The van der Waals surface area contributed by atoms with Gasteiger partial charge in [-0.15, -0.1) is 0 Å². The fourth-order valence-corrected chi connectivity index (χ4v) is 2.20. The molecule has 0 saturated heterocycles. The van der Waals surface area contributed by atoms with Crippen molar-refractivity contribution in [2.45, 2.75) is 13.8 Å². The molecule has 124 valence electrons. The van der Waals surface area contributed by atoms with Gasteiger partial charge in [0.25, 0.3) is 5.91 Å². The zero-order chi connectivity index (χ0) is 16.9. The molecule has 2 N–H and O–H groups in total. The summed E-state index contributed by atoms with van der Waals surface area (Å²) in [5.74, 6) is 1.25. The van der Waals surface area contributed by atoms with E-state index >= 15 is 0 Å².